The van der Waals surface area contributed by atoms with Gasteiger partial charge in [-0.1, -0.05) is 0 Å². The number of nitrogens with two attached hydrogens (primary N) is 2. The number of nitrogen functional groups attached to an aromatic ring is 1. The van der Waals surface area contributed by atoms with Crippen molar-refractivity contribution in [2.24, 2.45) is 5.73 Å². The molecule has 8 heteroatoms. The lowest BCUT2D eigenvalue weighted by Crippen LogP contribution is -2.44. The van der Waals surface area contributed by atoms with Crippen molar-refractivity contribution in [2.45, 2.75) is 12.5 Å². The number of halogens is 2. The molecule has 0 amide bonds. The maximum Gasteiger partial charge on any atom is 0.213 e. The molecule has 0 radical (unpaired) electrons. The zero-order chi connectivity index (χ0) is 14.1. The summed E-state index contributed by atoms with van der Waals surface area (Å²) in [6, 6.07) is 2.62. The third kappa shape index (κ3) is 3.53. The molecule has 0 heterocycles. The highest BCUT2D eigenvalue weighted by Crippen LogP contribution is 2.27. The number of hydrogen-bond donors (Lipinski definition) is 3. The van der Waals surface area contributed by atoms with Crippen molar-refractivity contribution in [1.82, 2.24) is 4.72 Å². The molecule has 0 unspecified atom stereocenters. The van der Waals surface area contributed by atoms with Gasteiger partial charge in [0.15, 0.2) is 0 Å². The van der Waals surface area contributed by atoms with Crippen LogP contribution in [0.4, 0.5) is 10.1 Å². The molecule has 0 aliphatic rings. The first-order valence-electron chi connectivity index (χ1n) is 5.04. The third-order valence-electron chi connectivity index (χ3n) is 2.50. The smallest absolute Gasteiger partial charge is 0.213 e. The second kappa shape index (κ2) is 5.27. The highest BCUT2D eigenvalue weighted by Gasteiger charge is 2.31. The number of anilines is 1. The minimum absolute atomic E-state index is 0.0826. The monoisotopic (exact) mass is 387 g/mol. The fourth-order valence-electron chi connectivity index (χ4n) is 1.55. The Bertz CT molecular complexity index is 560. The number of benzene rings is 1. The van der Waals surface area contributed by atoms with Crippen LogP contribution < -0.4 is 16.2 Å². The van der Waals surface area contributed by atoms with Gasteiger partial charge in [-0.05, 0) is 48.7 Å². The van der Waals surface area contributed by atoms with Crippen molar-refractivity contribution in [2.75, 3.05) is 18.5 Å². The molecule has 0 aliphatic carbocycles. The molecule has 0 aromatic heterocycles. The third-order valence-corrected chi connectivity index (χ3v) is 5.04. The molecule has 18 heavy (non-hydrogen) atoms. The van der Waals surface area contributed by atoms with Gasteiger partial charge in [-0.15, -0.1) is 0 Å². The molecule has 0 fully saturated rings. The number of sulfonamides is 1. The summed E-state index contributed by atoms with van der Waals surface area (Å²) in [6.45, 7) is 1.45. The molecule has 1 rings (SSSR count). The average Bonchev–Trinajstić information content (AvgIpc) is 2.21. The Morgan fingerprint density at radius 2 is 2.06 bits per heavy atom. The van der Waals surface area contributed by atoms with E-state index in [9.17, 15) is 12.8 Å². The summed E-state index contributed by atoms with van der Waals surface area (Å²) < 4.78 is 39.6. The van der Waals surface area contributed by atoms with Crippen LogP contribution in [0.15, 0.2) is 12.1 Å². The molecular weight excluding hydrogens is 372 g/mol. The van der Waals surface area contributed by atoms with Gasteiger partial charge in [0.05, 0.1) is 11.3 Å². The summed E-state index contributed by atoms with van der Waals surface area (Å²) in [5, 5.41) is 0. The van der Waals surface area contributed by atoms with Gasteiger partial charge >= 0.3 is 0 Å². The molecule has 5 N–H and O–H groups in total. The van der Waals surface area contributed by atoms with Gasteiger partial charge in [-0.2, -0.15) is 0 Å². The van der Waals surface area contributed by atoms with Gasteiger partial charge < -0.3 is 11.5 Å². The Morgan fingerprint density at radius 1 is 1.50 bits per heavy atom. The SMILES string of the molecule is CNS(=O)(=O)C[C@](C)(N)c1cc(N)c(I)cc1F. The van der Waals surface area contributed by atoms with Gasteiger partial charge in [0.25, 0.3) is 0 Å². The number of hydrogen-bond acceptors (Lipinski definition) is 4. The van der Waals surface area contributed by atoms with Gasteiger partial charge in [-0.25, -0.2) is 17.5 Å². The van der Waals surface area contributed by atoms with E-state index in [2.05, 4.69) is 4.72 Å². The first-order valence-corrected chi connectivity index (χ1v) is 7.77. The summed E-state index contributed by atoms with van der Waals surface area (Å²) in [5.74, 6) is -0.988. The molecule has 1 aromatic rings. The fourth-order valence-corrected chi connectivity index (χ4v) is 3.07. The Kier molecular flexibility index (Phi) is 4.57. The van der Waals surface area contributed by atoms with E-state index in [1.165, 1.54) is 26.1 Å². The standard InChI is InChI=1S/C10H15FIN3O2S/c1-10(14,5-18(16,17)15-2)6-3-9(13)8(12)4-7(6)11/h3-4,15H,5,13-14H2,1-2H3/t10-/m0/s1. The van der Waals surface area contributed by atoms with Gasteiger partial charge in [0.2, 0.25) is 10.0 Å². The first kappa shape index (κ1) is 15.6. The lowest BCUT2D eigenvalue weighted by molar-refractivity contribution is 0.490. The van der Waals surface area contributed by atoms with E-state index in [0.29, 0.717) is 9.26 Å². The summed E-state index contributed by atoms with van der Waals surface area (Å²) in [6.07, 6.45) is 0. The molecule has 5 nitrogen and oxygen atoms in total. The Hall–Kier alpha value is -0.450. The van der Waals surface area contributed by atoms with Crippen LogP contribution >= 0.6 is 22.6 Å². The van der Waals surface area contributed by atoms with Gasteiger partial charge in [0, 0.05) is 14.8 Å². The highest BCUT2D eigenvalue weighted by atomic mass is 127. The first-order chi connectivity index (χ1) is 8.09. The Balaban J connectivity index is 3.24. The van der Waals surface area contributed by atoms with Gasteiger partial charge in [-0.3, -0.25) is 0 Å². The predicted molar refractivity (Wildman–Crippen MR) is 77.9 cm³/mol. The minimum Gasteiger partial charge on any atom is -0.398 e. The van der Waals surface area contributed by atoms with Crippen molar-refractivity contribution in [1.29, 1.82) is 0 Å². The molecular formula is C10H15FIN3O2S. The summed E-state index contributed by atoms with van der Waals surface area (Å²) >= 11 is 1.89. The molecule has 1 aromatic carbocycles. The largest absolute Gasteiger partial charge is 0.398 e. The predicted octanol–water partition coefficient (Wildman–Crippen LogP) is 0.736. The quantitative estimate of drug-likeness (QED) is 0.524. The number of rotatable bonds is 4. The fraction of sp³-hybridized carbons (Fsp3) is 0.400. The summed E-state index contributed by atoms with van der Waals surface area (Å²) in [5.41, 5.74) is 10.7. The molecule has 0 bridgehead atoms. The van der Waals surface area contributed by atoms with Crippen molar-refractivity contribution in [3.63, 3.8) is 0 Å². The number of nitrogens with one attached hydrogen (secondary N) is 1. The van der Waals surface area contributed by atoms with E-state index in [-0.39, 0.29) is 5.56 Å². The van der Waals surface area contributed by atoms with Crippen LogP contribution in [0.5, 0.6) is 0 Å². The van der Waals surface area contributed by atoms with Crippen LogP contribution in [0, 0.1) is 9.39 Å². The Labute approximate surface area is 119 Å². The van der Waals surface area contributed by atoms with E-state index in [1.54, 1.807) is 0 Å². The second-order valence-corrected chi connectivity index (χ2v) is 7.32. The maximum absolute atomic E-state index is 13.8. The van der Waals surface area contributed by atoms with Crippen LogP contribution in [-0.2, 0) is 15.6 Å². The molecule has 0 saturated carbocycles. The lowest BCUT2D eigenvalue weighted by atomic mass is 9.94. The normalized spacial score (nSPS) is 15.4. The van der Waals surface area contributed by atoms with E-state index < -0.39 is 27.1 Å². The zero-order valence-electron chi connectivity index (χ0n) is 10.00. The molecule has 0 saturated heterocycles. The van der Waals surface area contributed by atoms with Crippen molar-refractivity contribution < 1.29 is 12.8 Å². The van der Waals surface area contributed by atoms with Crippen LogP contribution in [0.25, 0.3) is 0 Å². The Morgan fingerprint density at radius 3 is 2.56 bits per heavy atom. The van der Waals surface area contributed by atoms with Crippen LogP contribution in [0.2, 0.25) is 0 Å². The van der Waals surface area contributed by atoms with E-state index in [1.807, 2.05) is 22.6 Å². The van der Waals surface area contributed by atoms with Crippen LogP contribution in [0.3, 0.4) is 0 Å². The maximum atomic E-state index is 13.8. The van der Waals surface area contributed by atoms with Gasteiger partial charge in [0.1, 0.15) is 5.82 Å². The molecule has 1 atom stereocenters. The van der Waals surface area contributed by atoms with Crippen molar-refractivity contribution >= 4 is 38.3 Å². The lowest BCUT2D eigenvalue weighted by Gasteiger charge is -2.25. The molecule has 102 valence electrons. The van der Waals surface area contributed by atoms with E-state index in [4.69, 9.17) is 11.5 Å². The minimum atomic E-state index is -3.55. The highest BCUT2D eigenvalue weighted by molar-refractivity contribution is 14.1. The molecule has 0 spiro atoms. The zero-order valence-corrected chi connectivity index (χ0v) is 13.0. The average molecular weight is 387 g/mol. The van der Waals surface area contributed by atoms with E-state index >= 15 is 0 Å². The molecule has 0 aliphatic heterocycles. The van der Waals surface area contributed by atoms with E-state index in [0.717, 1.165) is 0 Å². The van der Waals surface area contributed by atoms with Crippen LogP contribution in [-0.4, -0.2) is 21.2 Å². The van der Waals surface area contributed by atoms with Crippen LogP contribution in [0.1, 0.15) is 12.5 Å². The van der Waals surface area contributed by atoms with Crippen molar-refractivity contribution in [3.05, 3.63) is 27.1 Å². The van der Waals surface area contributed by atoms with Crippen molar-refractivity contribution in [3.8, 4) is 0 Å². The second-order valence-electron chi connectivity index (χ2n) is 4.23. The topological polar surface area (TPSA) is 98.2 Å². The summed E-state index contributed by atoms with van der Waals surface area (Å²) in [4.78, 5) is 0. The summed E-state index contributed by atoms with van der Waals surface area (Å²) in [7, 11) is -2.27.